The van der Waals surface area contributed by atoms with Crippen molar-refractivity contribution in [1.82, 2.24) is 5.32 Å². The van der Waals surface area contributed by atoms with E-state index in [1.807, 2.05) is 0 Å². The van der Waals surface area contributed by atoms with Gasteiger partial charge in [-0.25, -0.2) is 8.42 Å². The molecule has 0 spiro atoms. The van der Waals surface area contributed by atoms with Crippen LogP contribution in [-0.2, 0) is 9.84 Å². The first kappa shape index (κ1) is 13.3. The minimum absolute atomic E-state index is 0.125. The lowest BCUT2D eigenvalue weighted by Crippen LogP contribution is -2.47. The molecule has 2 unspecified atom stereocenters. The highest BCUT2D eigenvalue weighted by molar-refractivity contribution is 7.92. The van der Waals surface area contributed by atoms with Crippen molar-refractivity contribution in [2.75, 3.05) is 12.3 Å². The average Bonchev–Trinajstić information content (AvgIpc) is 2.56. The molecule has 3 nitrogen and oxygen atoms in total. The van der Waals surface area contributed by atoms with Crippen LogP contribution in [0.1, 0.15) is 52.4 Å². The van der Waals surface area contributed by atoms with E-state index in [-0.39, 0.29) is 5.25 Å². The summed E-state index contributed by atoms with van der Waals surface area (Å²) < 4.78 is 23.5. The fourth-order valence-electron chi connectivity index (χ4n) is 3.23. The molecule has 0 aromatic heterocycles. The zero-order valence-electron chi connectivity index (χ0n) is 11.0. The first-order chi connectivity index (χ1) is 7.92. The molecule has 4 heteroatoms. The van der Waals surface area contributed by atoms with Crippen molar-refractivity contribution in [2.24, 2.45) is 5.41 Å². The molecule has 0 aromatic rings. The van der Waals surface area contributed by atoms with Crippen LogP contribution < -0.4 is 5.32 Å². The Morgan fingerprint density at radius 2 is 1.94 bits per heavy atom. The van der Waals surface area contributed by atoms with E-state index in [0.717, 1.165) is 12.8 Å². The molecule has 2 atom stereocenters. The molecule has 2 fully saturated rings. The lowest BCUT2D eigenvalue weighted by Gasteiger charge is -2.39. The first-order valence-electron chi connectivity index (χ1n) is 6.87. The van der Waals surface area contributed by atoms with Crippen molar-refractivity contribution in [1.29, 1.82) is 0 Å². The zero-order chi connectivity index (χ0) is 12.5. The monoisotopic (exact) mass is 259 g/mol. The summed E-state index contributed by atoms with van der Waals surface area (Å²) in [6, 6.07) is 0.493. The van der Waals surface area contributed by atoms with Crippen molar-refractivity contribution in [2.45, 2.75) is 63.7 Å². The predicted octanol–water partition coefficient (Wildman–Crippen LogP) is 2.12. The van der Waals surface area contributed by atoms with Crippen LogP contribution in [0, 0.1) is 5.41 Å². The number of nitrogens with one attached hydrogen (secondary N) is 1. The van der Waals surface area contributed by atoms with E-state index in [4.69, 9.17) is 0 Å². The molecule has 1 aliphatic heterocycles. The van der Waals surface area contributed by atoms with Gasteiger partial charge in [0.1, 0.15) is 0 Å². The second-order valence-corrected chi connectivity index (χ2v) is 8.73. The van der Waals surface area contributed by atoms with Gasteiger partial charge in [0.15, 0.2) is 9.84 Å². The summed E-state index contributed by atoms with van der Waals surface area (Å²) in [5, 5.41) is 3.41. The van der Waals surface area contributed by atoms with Gasteiger partial charge in [0.2, 0.25) is 0 Å². The Balaban J connectivity index is 1.89. The van der Waals surface area contributed by atoms with Crippen molar-refractivity contribution >= 4 is 9.84 Å². The maximum absolute atomic E-state index is 11.8. The minimum atomic E-state index is -2.79. The summed E-state index contributed by atoms with van der Waals surface area (Å²) in [5.41, 5.74) is 0.320. The van der Waals surface area contributed by atoms with Crippen LogP contribution in [-0.4, -0.2) is 32.0 Å². The molecule has 100 valence electrons. The van der Waals surface area contributed by atoms with Gasteiger partial charge in [0.05, 0.1) is 11.0 Å². The van der Waals surface area contributed by atoms with Crippen molar-refractivity contribution in [3.05, 3.63) is 0 Å². The van der Waals surface area contributed by atoms with Crippen LogP contribution in [0.4, 0.5) is 0 Å². The Morgan fingerprint density at radius 3 is 2.53 bits per heavy atom. The Bertz CT molecular complexity index is 362. The SMILES string of the molecule is CC1(C)CCCCC1NCC1CCCS1(=O)=O. The van der Waals surface area contributed by atoms with E-state index >= 15 is 0 Å². The Kier molecular flexibility index (Phi) is 3.83. The second kappa shape index (κ2) is 4.88. The van der Waals surface area contributed by atoms with Gasteiger partial charge in [-0.1, -0.05) is 26.7 Å². The van der Waals surface area contributed by atoms with Gasteiger partial charge in [-0.05, 0) is 31.1 Å². The maximum atomic E-state index is 11.8. The molecule has 1 aliphatic carbocycles. The number of hydrogen-bond donors (Lipinski definition) is 1. The van der Waals surface area contributed by atoms with Crippen LogP contribution in [0.2, 0.25) is 0 Å². The second-order valence-electron chi connectivity index (χ2n) is 6.33. The highest BCUT2D eigenvalue weighted by atomic mass is 32.2. The van der Waals surface area contributed by atoms with Gasteiger partial charge in [-0.3, -0.25) is 0 Å². The molecule has 0 amide bonds. The van der Waals surface area contributed by atoms with E-state index in [0.29, 0.717) is 23.8 Å². The molecule has 1 heterocycles. The van der Waals surface area contributed by atoms with Gasteiger partial charge in [0, 0.05) is 12.6 Å². The van der Waals surface area contributed by atoms with Crippen LogP contribution in [0.25, 0.3) is 0 Å². The van der Waals surface area contributed by atoms with Crippen molar-refractivity contribution < 1.29 is 8.42 Å². The molecule has 1 saturated heterocycles. The lowest BCUT2D eigenvalue weighted by molar-refractivity contribution is 0.168. The van der Waals surface area contributed by atoms with E-state index in [1.54, 1.807) is 0 Å². The molecule has 0 radical (unpaired) electrons. The molecular formula is C13H25NO2S. The molecule has 1 N–H and O–H groups in total. The molecule has 2 aliphatic rings. The van der Waals surface area contributed by atoms with E-state index < -0.39 is 9.84 Å². The summed E-state index contributed by atoms with van der Waals surface area (Å²) in [7, 11) is -2.79. The van der Waals surface area contributed by atoms with Crippen LogP contribution in [0.3, 0.4) is 0 Å². The molecule has 1 saturated carbocycles. The summed E-state index contributed by atoms with van der Waals surface area (Å²) in [5.74, 6) is 0.396. The average molecular weight is 259 g/mol. The lowest BCUT2D eigenvalue weighted by atomic mass is 9.73. The summed E-state index contributed by atoms with van der Waals surface area (Å²) >= 11 is 0. The molecule has 17 heavy (non-hydrogen) atoms. The van der Waals surface area contributed by atoms with Crippen LogP contribution in [0.15, 0.2) is 0 Å². The Labute approximate surface area is 105 Å². The van der Waals surface area contributed by atoms with Crippen LogP contribution in [0.5, 0.6) is 0 Å². The predicted molar refractivity (Wildman–Crippen MR) is 70.8 cm³/mol. The third kappa shape index (κ3) is 3.02. The molecular weight excluding hydrogens is 234 g/mol. The van der Waals surface area contributed by atoms with Gasteiger partial charge in [-0.15, -0.1) is 0 Å². The van der Waals surface area contributed by atoms with E-state index in [1.165, 1.54) is 25.7 Å². The van der Waals surface area contributed by atoms with Crippen molar-refractivity contribution in [3.8, 4) is 0 Å². The largest absolute Gasteiger partial charge is 0.312 e. The summed E-state index contributed by atoms with van der Waals surface area (Å²) in [6.45, 7) is 5.26. The summed E-state index contributed by atoms with van der Waals surface area (Å²) in [6.07, 6.45) is 6.73. The molecule has 2 rings (SSSR count). The Hall–Kier alpha value is -0.0900. The van der Waals surface area contributed by atoms with Gasteiger partial charge < -0.3 is 5.32 Å². The zero-order valence-corrected chi connectivity index (χ0v) is 11.9. The molecule has 0 aromatic carbocycles. The smallest absolute Gasteiger partial charge is 0.154 e. The number of rotatable bonds is 3. The highest BCUT2D eigenvalue weighted by Crippen LogP contribution is 2.35. The quantitative estimate of drug-likeness (QED) is 0.844. The van der Waals surface area contributed by atoms with Crippen LogP contribution >= 0.6 is 0 Å². The minimum Gasteiger partial charge on any atom is -0.312 e. The normalized spacial score (nSPS) is 35.9. The fourth-order valence-corrected chi connectivity index (χ4v) is 5.01. The maximum Gasteiger partial charge on any atom is 0.154 e. The van der Waals surface area contributed by atoms with Gasteiger partial charge >= 0.3 is 0 Å². The topological polar surface area (TPSA) is 46.2 Å². The van der Waals surface area contributed by atoms with Crippen molar-refractivity contribution in [3.63, 3.8) is 0 Å². The standard InChI is InChI=1S/C13H25NO2S/c1-13(2)8-4-3-7-12(13)14-10-11-6-5-9-17(11,15)16/h11-12,14H,3-10H2,1-2H3. The van der Waals surface area contributed by atoms with Gasteiger partial charge in [0.25, 0.3) is 0 Å². The fraction of sp³-hybridized carbons (Fsp3) is 1.00. The Morgan fingerprint density at radius 1 is 1.18 bits per heavy atom. The third-order valence-corrected chi connectivity index (χ3v) is 6.84. The third-order valence-electron chi connectivity index (χ3n) is 4.56. The molecule has 0 bridgehead atoms. The first-order valence-corrected chi connectivity index (χ1v) is 8.58. The summed E-state index contributed by atoms with van der Waals surface area (Å²) in [4.78, 5) is 0. The number of sulfone groups is 1. The van der Waals surface area contributed by atoms with E-state index in [2.05, 4.69) is 19.2 Å². The number of hydrogen-bond acceptors (Lipinski definition) is 3. The van der Waals surface area contributed by atoms with E-state index in [9.17, 15) is 8.42 Å². The van der Waals surface area contributed by atoms with Gasteiger partial charge in [-0.2, -0.15) is 0 Å². The highest BCUT2D eigenvalue weighted by Gasteiger charge is 2.35.